The van der Waals surface area contributed by atoms with E-state index in [4.69, 9.17) is 6.99 Å². The fourth-order valence-corrected chi connectivity index (χ4v) is 11.4. The van der Waals surface area contributed by atoms with Crippen molar-refractivity contribution in [3.63, 3.8) is 0 Å². The summed E-state index contributed by atoms with van der Waals surface area (Å²) in [7, 11) is 8.53. The molecule has 0 rings (SSSR count). The van der Waals surface area contributed by atoms with E-state index in [0.717, 1.165) is 13.1 Å². The van der Waals surface area contributed by atoms with E-state index in [1.54, 1.807) is 0 Å². The van der Waals surface area contributed by atoms with Crippen LogP contribution in [0.15, 0.2) is 6.99 Å². The van der Waals surface area contributed by atoms with E-state index < -0.39 is 16.2 Å². The van der Waals surface area contributed by atoms with Crippen LogP contribution in [0.4, 0.5) is 0 Å². The minimum atomic E-state index is -3.10. The molecule has 0 aromatic heterocycles. The van der Waals surface area contributed by atoms with Gasteiger partial charge >= 0.3 is 124 Å². The summed E-state index contributed by atoms with van der Waals surface area (Å²) in [6.07, 6.45) is 0. The SMILES string of the molecule is C[N](C)[W](=[N]CC(C)(C)C)(=[N]CC(C)(C)C)[N](C)C. The van der Waals surface area contributed by atoms with E-state index in [0.29, 0.717) is 0 Å². The number of nitrogens with zero attached hydrogens (tertiary/aromatic N) is 4. The first-order valence-electron chi connectivity index (χ1n) is 6.86. The van der Waals surface area contributed by atoms with Crippen molar-refractivity contribution in [1.82, 2.24) is 6.92 Å². The van der Waals surface area contributed by atoms with Crippen LogP contribution in [-0.4, -0.2) is 48.2 Å². The van der Waals surface area contributed by atoms with Gasteiger partial charge in [0.25, 0.3) is 0 Å². The summed E-state index contributed by atoms with van der Waals surface area (Å²) >= 11 is -3.10. The van der Waals surface area contributed by atoms with E-state index in [1.165, 1.54) is 0 Å². The third kappa shape index (κ3) is 6.96. The van der Waals surface area contributed by atoms with Crippen LogP contribution in [0.5, 0.6) is 0 Å². The first-order valence-corrected chi connectivity index (χ1v) is 12.1. The number of rotatable bonds is 4. The molecular weight excluding hydrogens is 408 g/mol. The summed E-state index contributed by atoms with van der Waals surface area (Å²) in [6.45, 7) is 15.2. The van der Waals surface area contributed by atoms with Crippen molar-refractivity contribution in [3.05, 3.63) is 0 Å². The standard InChI is InChI=1S/2C5H11N.2C2H6N.W/c2*1-5(2,3)4-6;2*1-3-2;/h2*4H2,1-3H3;2*1-2H3;/q;;2*-1;+2. The van der Waals surface area contributed by atoms with Crippen molar-refractivity contribution in [2.24, 2.45) is 17.8 Å². The monoisotopic (exact) mass is 442 g/mol. The van der Waals surface area contributed by atoms with E-state index in [9.17, 15) is 0 Å². The Morgan fingerprint density at radius 2 is 0.947 bits per heavy atom. The van der Waals surface area contributed by atoms with Crippen LogP contribution in [0.3, 0.4) is 0 Å². The molecule has 0 amide bonds. The molecule has 19 heavy (non-hydrogen) atoms. The summed E-state index contributed by atoms with van der Waals surface area (Å²) in [5.74, 6) is 0. The molecular formula is C14H34N4W. The molecule has 0 spiro atoms. The summed E-state index contributed by atoms with van der Waals surface area (Å²) in [4.78, 5) is 0. The van der Waals surface area contributed by atoms with Gasteiger partial charge in [-0.1, -0.05) is 0 Å². The summed E-state index contributed by atoms with van der Waals surface area (Å²) in [5.41, 5.74) is 0.454. The maximum absolute atomic E-state index is 5.12. The van der Waals surface area contributed by atoms with Crippen LogP contribution >= 0.6 is 0 Å². The van der Waals surface area contributed by atoms with Crippen LogP contribution in [0.1, 0.15) is 41.5 Å². The predicted molar refractivity (Wildman–Crippen MR) is 80.9 cm³/mol. The molecule has 0 N–H and O–H groups in total. The van der Waals surface area contributed by atoms with Crippen LogP contribution in [0.2, 0.25) is 0 Å². The Kier molecular flexibility index (Phi) is 6.85. The van der Waals surface area contributed by atoms with Crippen molar-refractivity contribution in [1.29, 1.82) is 0 Å². The molecule has 5 heteroatoms. The minimum absolute atomic E-state index is 0.227. The van der Waals surface area contributed by atoms with Gasteiger partial charge in [-0.05, 0) is 0 Å². The zero-order chi connectivity index (χ0) is 15.5. The molecule has 0 aromatic rings. The Bertz CT molecular complexity index is 347. The molecule has 0 aliphatic rings. The maximum atomic E-state index is 5.12. The summed E-state index contributed by atoms with van der Waals surface area (Å²) < 4.78 is 14.8. The topological polar surface area (TPSA) is 31.2 Å². The van der Waals surface area contributed by atoms with Gasteiger partial charge in [-0.15, -0.1) is 0 Å². The van der Waals surface area contributed by atoms with Gasteiger partial charge in [0.05, 0.1) is 0 Å². The van der Waals surface area contributed by atoms with Crippen molar-refractivity contribution in [2.45, 2.75) is 41.5 Å². The Labute approximate surface area is 124 Å². The number of hydrogen-bond acceptors (Lipinski definition) is 2. The second-order valence-corrected chi connectivity index (χ2v) is 18.4. The molecule has 0 unspecified atom stereocenters. The second-order valence-electron chi connectivity index (χ2n) is 7.81. The van der Waals surface area contributed by atoms with Gasteiger partial charge in [-0.2, -0.15) is 0 Å². The average Bonchev–Trinajstić information content (AvgIpc) is 2.13. The number of hydrogen-bond donors (Lipinski definition) is 0. The molecule has 0 aromatic carbocycles. The van der Waals surface area contributed by atoms with Crippen molar-refractivity contribution in [3.8, 4) is 0 Å². The van der Waals surface area contributed by atoms with Crippen LogP contribution in [0.25, 0.3) is 0 Å². The van der Waals surface area contributed by atoms with Gasteiger partial charge in [0.15, 0.2) is 0 Å². The average molecular weight is 442 g/mol. The zero-order valence-corrected chi connectivity index (χ0v) is 17.5. The van der Waals surface area contributed by atoms with Crippen LogP contribution in [-0.2, 0) is 16.2 Å². The van der Waals surface area contributed by atoms with E-state index in [2.05, 4.69) is 76.7 Å². The molecule has 0 aliphatic carbocycles. The van der Waals surface area contributed by atoms with Gasteiger partial charge in [0, 0.05) is 0 Å². The molecule has 0 fully saturated rings. The molecule has 0 saturated carbocycles. The molecule has 0 atom stereocenters. The third-order valence-corrected chi connectivity index (χ3v) is 12.9. The van der Waals surface area contributed by atoms with E-state index >= 15 is 0 Å². The van der Waals surface area contributed by atoms with Crippen molar-refractivity contribution in [2.75, 3.05) is 41.3 Å². The third-order valence-electron chi connectivity index (χ3n) is 2.40. The molecule has 116 valence electrons. The Morgan fingerprint density at radius 3 is 1.11 bits per heavy atom. The summed E-state index contributed by atoms with van der Waals surface area (Å²) in [5, 5.41) is 0. The molecule has 0 radical (unpaired) electrons. The molecule has 4 nitrogen and oxygen atoms in total. The predicted octanol–water partition coefficient (Wildman–Crippen LogP) is 3.55. The van der Waals surface area contributed by atoms with E-state index in [-0.39, 0.29) is 10.8 Å². The molecule has 0 aliphatic heterocycles. The van der Waals surface area contributed by atoms with Crippen LogP contribution in [0, 0.1) is 10.8 Å². The fourth-order valence-electron chi connectivity index (χ4n) is 1.39. The molecule has 0 heterocycles. The quantitative estimate of drug-likeness (QED) is 0.667. The van der Waals surface area contributed by atoms with Crippen molar-refractivity contribution < 1.29 is 16.2 Å². The fraction of sp³-hybridized carbons (Fsp3) is 1.00. The first-order chi connectivity index (χ1) is 8.30. The van der Waals surface area contributed by atoms with E-state index in [1.807, 2.05) is 0 Å². The molecule has 0 bridgehead atoms. The van der Waals surface area contributed by atoms with Gasteiger partial charge in [-0.25, -0.2) is 0 Å². The first kappa shape index (κ1) is 19.2. The Hall–Kier alpha value is 0.208. The Balaban J connectivity index is 5.71. The van der Waals surface area contributed by atoms with Gasteiger partial charge < -0.3 is 0 Å². The van der Waals surface area contributed by atoms with Gasteiger partial charge in [-0.3, -0.25) is 0 Å². The summed E-state index contributed by atoms with van der Waals surface area (Å²) in [6, 6.07) is 0. The second kappa shape index (κ2) is 6.78. The zero-order valence-electron chi connectivity index (χ0n) is 14.6. The Morgan fingerprint density at radius 1 is 0.684 bits per heavy atom. The van der Waals surface area contributed by atoms with Gasteiger partial charge in [0.1, 0.15) is 0 Å². The van der Waals surface area contributed by atoms with Gasteiger partial charge in [0.2, 0.25) is 0 Å². The molecule has 0 saturated heterocycles. The normalized spacial score (nSPS) is 14.1. The van der Waals surface area contributed by atoms with Crippen molar-refractivity contribution >= 4 is 0 Å². The van der Waals surface area contributed by atoms with Crippen LogP contribution < -0.4 is 0 Å².